The molecule has 0 spiro atoms. The highest BCUT2D eigenvalue weighted by Crippen LogP contribution is 2.12. The minimum absolute atomic E-state index is 0.106. The lowest BCUT2D eigenvalue weighted by Gasteiger charge is -2.11. The number of methoxy groups -OCH3 is 1. The average molecular weight is 214 g/mol. The Labute approximate surface area is 90.2 Å². The Morgan fingerprint density at radius 3 is 2.20 bits per heavy atom. The van der Waals surface area contributed by atoms with E-state index in [-0.39, 0.29) is 17.6 Å². The van der Waals surface area contributed by atoms with Crippen molar-refractivity contribution in [2.45, 2.75) is 33.6 Å². The molecular formula is C11H18O4. The van der Waals surface area contributed by atoms with Crippen LogP contribution >= 0.6 is 0 Å². The molecule has 0 aromatic carbocycles. The van der Waals surface area contributed by atoms with Crippen LogP contribution in [0.1, 0.15) is 33.6 Å². The highest BCUT2D eigenvalue weighted by atomic mass is 16.5. The predicted octanol–water partition coefficient (Wildman–Crippen LogP) is 2.04. The maximum atomic E-state index is 11.5. The topological polar surface area (TPSA) is 52.6 Å². The fourth-order valence-corrected chi connectivity index (χ4v) is 1.12. The molecule has 15 heavy (non-hydrogen) atoms. The van der Waals surface area contributed by atoms with Crippen LogP contribution in [0, 0.1) is 5.92 Å². The largest absolute Gasteiger partial charge is 0.466 e. The Bertz CT molecular complexity index is 251. The molecule has 0 fully saturated rings. The molecule has 0 bridgehead atoms. The van der Waals surface area contributed by atoms with E-state index in [2.05, 4.69) is 4.74 Å². The van der Waals surface area contributed by atoms with Crippen molar-refractivity contribution in [1.82, 2.24) is 0 Å². The van der Waals surface area contributed by atoms with Crippen molar-refractivity contribution in [2.24, 2.45) is 5.92 Å². The van der Waals surface area contributed by atoms with E-state index in [0.29, 0.717) is 0 Å². The zero-order valence-corrected chi connectivity index (χ0v) is 9.70. The van der Waals surface area contributed by atoms with Gasteiger partial charge < -0.3 is 9.47 Å². The van der Waals surface area contributed by atoms with Gasteiger partial charge in [-0.2, -0.15) is 0 Å². The molecule has 0 saturated carbocycles. The molecule has 0 aliphatic rings. The molecule has 0 heterocycles. The average Bonchev–Trinajstić information content (AvgIpc) is 2.19. The maximum absolute atomic E-state index is 11.5. The highest BCUT2D eigenvalue weighted by molar-refractivity contribution is 5.83. The Kier molecular flexibility index (Phi) is 6.42. The van der Waals surface area contributed by atoms with Crippen LogP contribution in [0.25, 0.3) is 0 Å². The molecule has 0 amide bonds. The Morgan fingerprint density at radius 2 is 1.80 bits per heavy atom. The summed E-state index contributed by atoms with van der Waals surface area (Å²) in [6.45, 7) is 5.40. The van der Waals surface area contributed by atoms with E-state index in [1.807, 2.05) is 13.8 Å². The highest BCUT2D eigenvalue weighted by Gasteiger charge is 2.16. The number of allylic oxidation sites excluding steroid dienone is 1. The van der Waals surface area contributed by atoms with Crippen molar-refractivity contribution in [3.8, 4) is 0 Å². The van der Waals surface area contributed by atoms with Gasteiger partial charge in [0.15, 0.2) is 0 Å². The molecule has 0 rings (SSSR count). The molecular weight excluding hydrogens is 196 g/mol. The smallest absolute Gasteiger partial charge is 0.333 e. The molecule has 0 aliphatic carbocycles. The third kappa shape index (κ3) is 5.20. The normalized spacial score (nSPS) is 11.4. The van der Waals surface area contributed by atoms with Crippen LogP contribution in [0.3, 0.4) is 0 Å². The van der Waals surface area contributed by atoms with E-state index in [1.165, 1.54) is 7.11 Å². The van der Waals surface area contributed by atoms with Gasteiger partial charge in [-0.05, 0) is 19.8 Å². The van der Waals surface area contributed by atoms with Crippen LogP contribution in [0.5, 0.6) is 0 Å². The summed E-state index contributed by atoms with van der Waals surface area (Å²) in [4.78, 5) is 22.3. The number of carbonyl (C=O) groups is 2. The fourth-order valence-electron chi connectivity index (χ4n) is 1.12. The van der Waals surface area contributed by atoms with Crippen molar-refractivity contribution >= 4 is 11.9 Å². The number of rotatable bonds is 5. The van der Waals surface area contributed by atoms with Crippen molar-refractivity contribution in [1.29, 1.82) is 0 Å². The fraction of sp³-hybridized carbons (Fsp3) is 0.636. The quantitative estimate of drug-likeness (QED) is 0.399. The third-order valence-corrected chi connectivity index (χ3v) is 2.10. The lowest BCUT2D eigenvalue weighted by atomic mass is 10.0. The predicted molar refractivity (Wildman–Crippen MR) is 55.9 cm³/mol. The van der Waals surface area contributed by atoms with Crippen LogP contribution in [-0.2, 0) is 19.1 Å². The standard InChI is InChI=1S/C11H18O4/c1-5-9(6-2)11(13)15-8(3)7-10(12)14-4/h7,9H,5-6H2,1-4H3/b8-7-. The second-order valence-corrected chi connectivity index (χ2v) is 3.21. The van der Waals surface area contributed by atoms with Gasteiger partial charge in [-0.3, -0.25) is 4.79 Å². The van der Waals surface area contributed by atoms with Crippen LogP contribution in [0.4, 0.5) is 0 Å². The molecule has 0 unspecified atom stereocenters. The summed E-state index contributed by atoms with van der Waals surface area (Å²) >= 11 is 0. The molecule has 0 aromatic heterocycles. The number of carbonyl (C=O) groups excluding carboxylic acids is 2. The molecule has 0 saturated heterocycles. The van der Waals surface area contributed by atoms with Crippen molar-refractivity contribution in [2.75, 3.05) is 7.11 Å². The van der Waals surface area contributed by atoms with Crippen LogP contribution < -0.4 is 0 Å². The first kappa shape index (κ1) is 13.7. The Morgan fingerprint density at radius 1 is 1.27 bits per heavy atom. The summed E-state index contributed by atoms with van der Waals surface area (Å²) in [5.41, 5.74) is 0. The number of hydrogen-bond donors (Lipinski definition) is 0. The molecule has 0 N–H and O–H groups in total. The van der Waals surface area contributed by atoms with Crippen molar-refractivity contribution < 1.29 is 19.1 Å². The van der Waals surface area contributed by atoms with Gasteiger partial charge in [0.25, 0.3) is 0 Å². The summed E-state index contributed by atoms with van der Waals surface area (Å²) in [6, 6.07) is 0. The number of hydrogen-bond acceptors (Lipinski definition) is 4. The zero-order valence-electron chi connectivity index (χ0n) is 9.70. The first-order chi connectivity index (χ1) is 7.04. The van der Waals surface area contributed by atoms with E-state index in [9.17, 15) is 9.59 Å². The second-order valence-electron chi connectivity index (χ2n) is 3.21. The van der Waals surface area contributed by atoms with Gasteiger partial charge in [-0.15, -0.1) is 0 Å². The van der Waals surface area contributed by atoms with Gasteiger partial charge in [-0.1, -0.05) is 13.8 Å². The molecule has 0 aliphatic heterocycles. The van der Waals surface area contributed by atoms with Crippen molar-refractivity contribution in [3.05, 3.63) is 11.8 Å². The van der Waals surface area contributed by atoms with E-state index < -0.39 is 5.97 Å². The minimum atomic E-state index is -0.523. The first-order valence-electron chi connectivity index (χ1n) is 5.03. The molecule has 0 radical (unpaired) electrons. The molecule has 4 heteroatoms. The van der Waals surface area contributed by atoms with E-state index in [0.717, 1.165) is 18.9 Å². The number of ether oxygens (including phenoxy) is 2. The van der Waals surface area contributed by atoms with E-state index >= 15 is 0 Å². The summed E-state index contributed by atoms with van der Waals surface area (Å²) < 4.78 is 9.40. The third-order valence-electron chi connectivity index (χ3n) is 2.10. The van der Waals surface area contributed by atoms with Crippen LogP contribution in [-0.4, -0.2) is 19.0 Å². The van der Waals surface area contributed by atoms with Gasteiger partial charge in [0.2, 0.25) is 0 Å². The van der Waals surface area contributed by atoms with E-state index in [4.69, 9.17) is 4.74 Å². The zero-order chi connectivity index (χ0) is 11.8. The Hall–Kier alpha value is -1.32. The van der Waals surface area contributed by atoms with Gasteiger partial charge in [-0.25, -0.2) is 4.79 Å². The van der Waals surface area contributed by atoms with Crippen molar-refractivity contribution in [3.63, 3.8) is 0 Å². The van der Waals surface area contributed by atoms with Gasteiger partial charge in [0, 0.05) is 0 Å². The minimum Gasteiger partial charge on any atom is -0.466 e. The monoisotopic (exact) mass is 214 g/mol. The second kappa shape index (κ2) is 7.04. The lowest BCUT2D eigenvalue weighted by Crippen LogP contribution is -2.15. The van der Waals surface area contributed by atoms with E-state index in [1.54, 1.807) is 6.92 Å². The molecule has 86 valence electrons. The summed E-state index contributed by atoms with van der Waals surface area (Å²) in [6.07, 6.45) is 2.63. The maximum Gasteiger partial charge on any atom is 0.333 e. The van der Waals surface area contributed by atoms with Gasteiger partial charge >= 0.3 is 11.9 Å². The molecule has 0 aromatic rings. The van der Waals surface area contributed by atoms with Crippen LogP contribution in [0.15, 0.2) is 11.8 Å². The van der Waals surface area contributed by atoms with Gasteiger partial charge in [0.1, 0.15) is 5.76 Å². The summed E-state index contributed by atoms with van der Waals surface area (Å²) in [5.74, 6) is -0.660. The lowest BCUT2D eigenvalue weighted by molar-refractivity contribution is -0.144. The first-order valence-corrected chi connectivity index (χ1v) is 5.03. The molecule has 0 atom stereocenters. The van der Waals surface area contributed by atoms with Crippen LogP contribution in [0.2, 0.25) is 0 Å². The SMILES string of the molecule is CCC(CC)C(=O)O/C(C)=C\C(=O)OC. The molecule has 4 nitrogen and oxygen atoms in total. The Balaban J connectivity index is 4.28. The summed E-state index contributed by atoms with van der Waals surface area (Å²) in [5, 5.41) is 0. The summed E-state index contributed by atoms with van der Waals surface area (Å²) in [7, 11) is 1.27. The number of esters is 2. The van der Waals surface area contributed by atoms with Gasteiger partial charge in [0.05, 0.1) is 19.1 Å².